The van der Waals surface area contributed by atoms with Crippen molar-refractivity contribution in [2.75, 3.05) is 69.0 Å². The minimum atomic E-state index is -3.82. The van der Waals surface area contributed by atoms with E-state index in [-0.39, 0.29) is 10.8 Å². The first-order valence-corrected chi connectivity index (χ1v) is 12.9. The average molecular weight is 472 g/mol. The van der Waals surface area contributed by atoms with Crippen LogP contribution in [0.5, 0.6) is 0 Å². The van der Waals surface area contributed by atoms with Crippen LogP contribution in [0.2, 0.25) is 0 Å². The third-order valence-corrected chi connectivity index (χ3v) is 7.88. The Kier molecular flexibility index (Phi) is 6.92. The number of benzene rings is 2. The van der Waals surface area contributed by atoms with E-state index in [2.05, 4.69) is 19.8 Å². The molecule has 178 valence electrons. The fourth-order valence-corrected chi connectivity index (χ4v) is 5.72. The molecule has 0 radical (unpaired) electrons. The zero-order valence-corrected chi connectivity index (χ0v) is 20.4. The number of nitrogens with one attached hydrogen (secondary N) is 2. The van der Waals surface area contributed by atoms with Crippen LogP contribution in [-0.4, -0.2) is 83.5 Å². The number of aryl methyl sites for hydroxylation is 2. The van der Waals surface area contributed by atoms with Gasteiger partial charge in [-0.15, -0.1) is 0 Å². The predicted octanol–water partition coefficient (Wildman–Crippen LogP) is 1.90. The van der Waals surface area contributed by atoms with Crippen molar-refractivity contribution in [3.05, 3.63) is 53.1 Å². The summed E-state index contributed by atoms with van der Waals surface area (Å²) in [6.07, 6.45) is 0. The first-order valence-electron chi connectivity index (χ1n) is 11.4. The summed E-state index contributed by atoms with van der Waals surface area (Å²) in [5.41, 5.74) is 3.43. The highest BCUT2D eigenvalue weighted by molar-refractivity contribution is 7.92. The smallest absolute Gasteiger partial charge is 0.262 e. The summed E-state index contributed by atoms with van der Waals surface area (Å²) in [6, 6.07) is 10.7. The minimum Gasteiger partial charge on any atom is -0.367 e. The normalized spacial score (nSPS) is 17.8. The first-order chi connectivity index (χ1) is 15.7. The second-order valence-corrected chi connectivity index (χ2v) is 10.6. The van der Waals surface area contributed by atoms with E-state index in [9.17, 15) is 13.2 Å². The Morgan fingerprint density at radius 2 is 1.64 bits per heavy atom. The molecule has 0 unspecified atom stereocenters. The van der Waals surface area contributed by atoms with E-state index in [0.717, 1.165) is 50.5 Å². The van der Waals surface area contributed by atoms with Crippen LogP contribution in [0.25, 0.3) is 0 Å². The maximum absolute atomic E-state index is 13.3. The topological polar surface area (TPSA) is 85.0 Å². The van der Waals surface area contributed by atoms with Crippen molar-refractivity contribution >= 4 is 27.3 Å². The van der Waals surface area contributed by atoms with E-state index in [1.165, 1.54) is 0 Å². The number of carbonyl (C=O) groups is 1. The second-order valence-electron chi connectivity index (χ2n) is 8.94. The molecule has 2 N–H and O–H groups in total. The van der Waals surface area contributed by atoms with E-state index in [1.54, 1.807) is 25.1 Å². The molecule has 2 saturated heterocycles. The highest BCUT2D eigenvalue weighted by atomic mass is 32.2. The maximum Gasteiger partial charge on any atom is 0.262 e. The summed E-state index contributed by atoms with van der Waals surface area (Å²) in [7, 11) is -1.77. The van der Waals surface area contributed by atoms with Gasteiger partial charge in [-0.3, -0.25) is 9.52 Å². The quantitative estimate of drug-likeness (QED) is 0.693. The molecule has 0 bridgehead atoms. The number of nitrogens with zero attached hydrogens (tertiary/aromatic N) is 3. The summed E-state index contributed by atoms with van der Waals surface area (Å²) < 4.78 is 29.5. The monoisotopic (exact) mass is 471 g/mol. The van der Waals surface area contributed by atoms with E-state index >= 15 is 0 Å². The lowest BCUT2D eigenvalue weighted by Crippen LogP contribution is -2.47. The van der Waals surface area contributed by atoms with Crippen molar-refractivity contribution in [3.8, 4) is 0 Å². The number of anilines is 2. The molecule has 2 aromatic rings. The molecule has 2 aliphatic rings. The lowest BCUT2D eigenvalue weighted by atomic mass is 10.1. The van der Waals surface area contributed by atoms with Gasteiger partial charge in [0.1, 0.15) is 0 Å². The summed E-state index contributed by atoms with van der Waals surface area (Å²) in [6.45, 7) is 9.91. The van der Waals surface area contributed by atoms with Gasteiger partial charge in [0.15, 0.2) is 0 Å². The highest BCUT2D eigenvalue weighted by Crippen LogP contribution is 2.31. The molecule has 2 fully saturated rings. The summed E-state index contributed by atoms with van der Waals surface area (Å²) in [4.78, 5) is 19.6. The molecular weight excluding hydrogens is 438 g/mol. The van der Waals surface area contributed by atoms with E-state index in [0.29, 0.717) is 29.9 Å². The first kappa shape index (κ1) is 23.5. The van der Waals surface area contributed by atoms with Crippen LogP contribution >= 0.6 is 0 Å². The fraction of sp³-hybridized carbons (Fsp3) is 0.458. The van der Waals surface area contributed by atoms with E-state index < -0.39 is 10.0 Å². The van der Waals surface area contributed by atoms with Gasteiger partial charge in [-0.05, 0) is 50.7 Å². The number of sulfonamides is 1. The number of likely N-dealkylation sites (N-methyl/N-ethyl adjacent to an activating group) is 1. The lowest BCUT2D eigenvalue weighted by Gasteiger charge is -2.33. The third kappa shape index (κ3) is 5.31. The number of amides is 1. The van der Waals surface area contributed by atoms with Crippen molar-refractivity contribution in [2.45, 2.75) is 18.7 Å². The molecule has 2 heterocycles. The number of hydrogen-bond donors (Lipinski definition) is 2. The molecule has 0 spiro atoms. The molecule has 0 saturated carbocycles. The Balaban J connectivity index is 1.68. The second kappa shape index (κ2) is 9.70. The molecule has 8 nitrogen and oxygen atoms in total. The Morgan fingerprint density at radius 3 is 2.30 bits per heavy atom. The predicted molar refractivity (Wildman–Crippen MR) is 132 cm³/mol. The summed E-state index contributed by atoms with van der Waals surface area (Å²) in [5.74, 6) is -0.0677. The van der Waals surface area contributed by atoms with E-state index in [4.69, 9.17) is 0 Å². The highest BCUT2D eigenvalue weighted by Gasteiger charge is 2.25. The fourth-order valence-electron chi connectivity index (χ4n) is 4.43. The van der Waals surface area contributed by atoms with Gasteiger partial charge in [0.05, 0.1) is 16.3 Å². The molecule has 2 aliphatic heterocycles. The van der Waals surface area contributed by atoms with Crippen molar-refractivity contribution in [1.82, 2.24) is 15.1 Å². The van der Waals surface area contributed by atoms with Crippen LogP contribution in [-0.2, 0) is 10.0 Å². The SMILES string of the molecule is Cc1ccc(S(=O)(=O)Nc2cc(C(=O)N3CCN(C)CC3)ccc2N2CCNCC2)c(C)c1. The van der Waals surface area contributed by atoms with Gasteiger partial charge in [0.2, 0.25) is 0 Å². The van der Waals surface area contributed by atoms with Crippen LogP contribution in [0.3, 0.4) is 0 Å². The van der Waals surface area contributed by atoms with Gasteiger partial charge in [-0.25, -0.2) is 8.42 Å². The van der Waals surface area contributed by atoms with Gasteiger partial charge < -0.3 is 20.0 Å². The van der Waals surface area contributed by atoms with E-state index in [1.807, 2.05) is 37.1 Å². The standard InChI is InChI=1S/C24H33N5O3S/c1-18-4-7-23(19(2)16-18)33(31,32)26-21-17-20(24(30)29-14-12-27(3)13-15-29)5-6-22(21)28-10-8-25-9-11-28/h4-7,16-17,25-26H,8-15H2,1-3H3. The lowest BCUT2D eigenvalue weighted by molar-refractivity contribution is 0.0664. The number of piperazine rings is 2. The van der Waals surface area contributed by atoms with Crippen LogP contribution < -0.4 is 14.9 Å². The molecule has 0 aliphatic carbocycles. The van der Waals surface area contributed by atoms with Crippen molar-refractivity contribution in [2.24, 2.45) is 0 Å². The Bertz CT molecular complexity index is 1120. The number of rotatable bonds is 5. The number of carbonyl (C=O) groups excluding carboxylic acids is 1. The molecule has 2 aromatic carbocycles. The maximum atomic E-state index is 13.3. The zero-order valence-electron chi connectivity index (χ0n) is 19.6. The van der Waals surface area contributed by atoms with Gasteiger partial charge in [-0.1, -0.05) is 17.7 Å². The van der Waals surface area contributed by atoms with Crippen LogP contribution in [0.4, 0.5) is 11.4 Å². The largest absolute Gasteiger partial charge is 0.367 e. The Labute approximate surface area is 196 Å². The minimum absolute atomic E-state index is 0.0677. The van der Waals surface area contributed by atoms with Crippen molar-refractivity contribution < 1.29 is 13.2 Å². The Morgan fingerprint density at radius 1 is 0.939 bits per heavy atom. The van der Waals surface area contributed by atoms with Crippen LogP contribution in [0, 0.1) is 13.8 Å². The summed E-state index contributed by atoms with van der Waals surface area (Å²) in [5, 5.41) is 3.32. The van der Waals surface area contributed by atoms with Crippen LogP contribution in [0.1, 0.15) is 21.5 Å². The van der Waals surface area contributed by atoms with Gasteiger partial charge in [-0.2, -0.15) is 0 Å². The summed E-state index contributed by atoms with van der Waals surface area (Å²) >= 11 is 0. The van der Waals surface area contributed by atoms with Crippen molar-refractivity contribution in [3.63, 3.8) is 0 Å². The van der Waals surface area contributed by atoms with Gasteiger partial charge in [0, 0.05) is 57.9 Å². The van der Waals surface area contributed by atoms with Gasteiger partial charge in [0.25, 0.3) is 15.9 Å². The van der Waals surface area contributed by atoms with Crippen LogP contribution in [0.15, 0.2) is 41.3 Å². The molecule has 0 aromatic heterocycles. The molecule has 33 heavy (non-hydrogen) atoms. The number of hydrogen-bond acceptors (Lipinski definition) is 6. The third-order valence-electron chi connectivity index (χ3n) is 6.36. The molecule has 1 amide bonds. The molecule has 9 heteroatoms. The molecule has 4 rings (SSSR count). The molecule has 0 atom stereocenters. The zero-order chi connectivity index (χ0) is 23.6. The molecular formula is C24H33N5O3S. The average Bonchev–Trinajstić information content (AvgIpc) is 2.79. The Hall–Kier alpha value is -2.62. The van der Waals surface area contributed by atoms with Gasteiger partial charge >= 0.3 is 0 Å². The van der Waals surface area contributed by atoms with Crippen molar-refractivity contribution in [1.29, 1.82) is 0 Å².